The molecule has 2 aromatic carbocycles. The summed E-state index contributed by atoms with van der Waals surface area (Å²) >= 11 is 6.28. The molecule has 162 valence electrons. The van der Waals surface area contributed by atoms with Gasteiger partial charge in [0, 0.05) is 45.2 Å². The number of fused-ring (bicyclic) bond motifs is 2. The lowest BCUT2D eigenvalue weighted by Gasteiger charge is -2.34. The molecule has 0 aromatic heterocycles. The first-order valence-corrected chi connectivity index (χ1v) is 11.1. The molecule has 31 heavy (non-hydrogen) atoms. The molecule has 6 nitrogen and oxygen atoms in total. The normalized spacial score (nSPS) is 18.2. The Morgan fingerprint density at radius 3 is 2.65 bits per heavy atom. The van der Waals surface area contributed by atoms with E-state index >= 15 is 0 Å². The first-order chi connectivity index (χ1) is 15.2. The van der Waals surface area contributed by atoms with Gasteiger partial charge in [0.2, 0.25) is 5.91 Å². The number of piperazine rings is 1. The van der Waals surface area contributed by atoms with Crippen LogP contribution in [0.1, 0.15) is 16.7 Å². The van der Waals surface area contributed by atoms with Crippen LogP contribution < -0.4 is 14.2 Å². The molecule has 3 heterocycles. The number of hydrogen-bond donors (Lipinski definition) is 0. The Morgan fingerprint density at radius 1 is 0.968 bits per heavy atom. The van der Waals surface area contributed by atoms with Gasteiger partial charge in [-0.05, 0) is 41.0 Å². The Bertz CT molecular complexity index is 1010. The highest BCUT2D eigenvalue weighted by molar-refractivity contribution is 6.32. The van der Waals surface area contributed by atoms with Crippen LogP contribution in [-0.2, 0) is 17.8 Å². The molecule has 1 fully saturated rings. The van der Waals surface area contributed by atoms with Gasteiger partial charge in [-0.15, -0.1) is 0 Å². The zero-order valence-corrected chi connectivity index (χ0v) is 18.1. The van der Waals surface area contributed by atoms with Crippen molar-refractivity contribution in [1.82, 2.24) is 9.80 Å². The smallest absolute Gasteiger partial charge is 0.246 e. The maximum atomic E-state index is 12.7. The number of hydrogen-bond acceptors (Lipinski definition) is 5. The summed E-state index contributed by atoms with van der Waals surface area (Å²) in [4.78, 5) is 16.9. The van der Waals surface area contributed by atoms with Crippen molar-refractivity contribution < 1.29 is 19.0 Å². The van der Waals surface area contributed by atoms with Crippen LogP contribution in [0.4, 0.5) is 0 Å². The average Bonchev–Trinajstić information content (AvgIpc) is 3.26. The summed E-state index contributed by atoms with van der Waals surface area (Å²) in [6, 6.07) is 10.1. The second-order valence-electron chi connectivity index (χ2n) is 8.00. The first-order valence-electron chi connectivity index (χ1n) is 10.7. The number of halogens is 1. The SMILES string of the molecule is O=C(C=Cc1cc(Cl)c2c(c1)OCCO2)N1CCN(Cc2ccc3c(c2)CCO3)CC1. The van der Waals surface area contributed by atoms with Crippen LogP contribution in [0, 0.1) is 0 Å². The third-order valence-electron chi connectivity index (χ3n) is 5.88. The molecule has 1 saturated heterocycles. The molecule has 0 radical (unpaired) electrons. The first kappa shape index (κ1) is 20.2. The minimum Gasteiger partial charge on any atom is -0.493 e. The number of nitrogens with zero attached hydrogens (tertiary/aromatic N) is 2. The topological polar surface area (TPSA) is 51.2 Å². The highest BCUT2D eigenvalue weighted by atomic mass is 35.5. The largest absolute Gasteiger partial charge is 0.493 e. The molecule has 3 aliphatic rings. The standard InChI is InChI=1S/C24H25ClN2O4/c25-20-14-17(15-22-24(20)31-12-11-30-22)2-4-23(28)27-8-6-26(7-9-27)16-18-1-3-21-19(13-18)5-10-29-21/h1-4,13-15H,5-12,16H2. The molecule has 1 amide bonds. The molecule has 0 unspecified atom stereocenters. The molecule has 0 spiro atoms. The molecule has 3 aliphatic heterocycles. The van der Waals surface area contributed by atoms with Gasteiger partial charge in [-0.3, -0.25) is 9.69 Å². The maximum Gasteiger partial charge on any atom is 0.246 e. The Balaban J connectivity index is 1.15. The van der Waals surface area contributed by atoms with Crippen LogP contribution in [0.25, 0.3) is 6.08 Å². The van der Waals surface area contributed by atoms with E-state index in [-0.39, 0.29) is 5.91 Å². The van der Waals surface area contributed by atoms with Gasteiger partial charge in [0.1, 0.15) is 19.0 Å². The van der Waals surface area contributed by atoms with Crippen molar-refractivity contribution in [1.29, 1.82) is 0 Å². The molecule has 0 bridgehead atoms. The molecule has 0 aliphatic carbocycles. The lowest BCUT2D eigenvalue weighted by molar-refractivity contribution is -0.127. The number of ether oxygens (including phenoxy) is 3. The Morgan fingerprint density at radius 2 is 1.77 bits per heavy atom. The van der Waals surface area contributed by atoms with Gasteiger partial charge < -0.3 is 19.1 Å². The van der Waals surface area contributed by atoms with E-state index in [4.69, 9.17) is 25.8 Å². The van der Waals surface area contributed by atoms with Crippen molar-refractivity contribution in [2.45, 2.75) is 13.0 Å². The van der Waals surface area contributed by atoms with Crippen LogP contribution in [-0.4, -0.2) is 61.7 Å². The van der Waals surface area contributed by atoms with Crippen LogP contribution in [0.2, 0.25) is 5.02 Å². The van der Waals surface area contributed by atoms with Crippen molar-refractivity contribution in [2.24, 2.45) is 0 Å². The van der Waals surface area contributed by atoms with Gasteiger partial charge in [-0.1, -0.05) is 23.7 Å². The van der Waals surface area contributed by atoms with Crippen molar-refractivity contribution in [2.75, 3.05) is 46.0 Å². The summed E-state index contributed by atoms with van der Waals surface area (Å²) in [7, 11) is 0. The summed E-state index contributed by atoms with van der Waals surface area (Å²) in [6.07, 6.45) is 4.38. The minimum absolute atomic E-state index is 0.0142. The zero-order valence-electron chi connectivity index (χ0n) is 17.3. The number of benzene rings is 2. The molecular weight excluding hydrogens is 416 g/mol. The minimum atomic E-state index is 0.0142. The second-order valence-corrected chi connectivity index (χ2v) is 8.41. The van der Waals surface area contributed by atoms with Gasteiger partial charge >= 0.3 is 0 Å². The molecule has 5 rings (SSSR count). The van der Waals surface area contributed by atoms with Crippen molar-refractivity contribution >= 4 is 23.6 Å². The highest BCUT2D eigenvalue weighted by Crippen LogP contribution is 2.38. The van der Waals surface area contributed by atoms with Crippen molar-refractivity contribution in [3.63, 3.8) is 0 Å². The van der Waals surface area contributed by atoms with E-state index in [1.807, 2.05) is 11.0 Å². The lowest BCUT2D eigenvalue weighted by atomic mass is 10.1. The van der Waals surface area contributed by atoms with E-state index in [1.54, 1.807) is 18.2 Å². The number of amides is 1. The second kappa shape index (κ2) is 8.81. The number of carbonyl (C=O) groups is 1. The van der Waals surface area contributed by atoms with Crippen LogP contribution in [0.5, 0.6) is 17.2 Å². The van der Waals surface area contributed by atoms with Gasteiger partial charge in [0.05, 0.1) is 11.6 Å². The third-order valence-corrected chi connectivity index (χ3v) is 6.16. The average molecular weight is 441 g/mol. The zero-order chi connectivity index (χ0) is 21.2. The van der Waals surface area contributed by atoms with Crippen LogP contribution >= 0.6 is 11.6 Å². The molecular formula is C24H25ClN2O4. The molecule has 2 aromatic rings. The third kappa shape index (κ3) is 4.50. The predicted molar refractivity (Wildman–Crippen MR) is 119 cm³/mol. The molecule has 7 heteroatoms. The van der Waals surface area contributed by atoms with Crippen LogP contribution in [0.15, 0.2) is 36.4 Å². The summed E-state index contributed by atoms with van der Waals surface area (Å²) in [5, 5.41) is 0.496. The fraction of sp³-hybridized carbons (Fsp3) is 0.375. The summed E-state index contributed by atoms with van der Waals surface area (Å²) in [6.45, 7) is 5.85. The van der Waals surface area contributed by atoms with Crippen molar-refractivity contribution in [3.8, 4) is 17.2 Å². The molecule has 0 N–H and O–H groups in total. The van der Waals surface area contributed by atoms with E-state index in [0.717, 1.165) is 57.1 Å². The van der Waals surface area contributed by atoms with E-state index in [2.05, 4.69) is 23.1 Å². The van der Waals surface area contributed by atoms with Gasteiger partial charge in [-0.2, -0.15) is 0 Å². The molecule has 0 saturated carbocycles. The summed E-state index contributed by atoms with van der Waals surface area (Å²) in [5.41, 5.74) is 3.43. The van der Waals surface area contributed by atoms with E-state index in [9.17, 15) is 4.79 Å². The predicted octanol–water partition coefficient (Wildman–Crippen LogP) is 3.40. The monoisotopic (exact) mass is 440 g/mol. The Hall–Kier alpha value is -2.70. The summed E-state index contributed by atoms with van der Waals surface area (Å²) < 4.78 is 16.7. The van der Waals surface area contributed by atoms with Crippen molar-refractivity contribution in [3.05, 3.63) is 58.1 Å². The van der Waals surface area contributed by atoms with E-state index in [1.165, 1.54) is 11.1 Å². The Labute approximate surface area is 186 Å². The fourth-order valence-corrected chi connectivity index (χ4v) is 4.50. The van der Waals surface area contributed by atoms with Gasteiger partial charge in [-0.25, -0.2) is 0 Å². The maximum absolute atomic E-state index is 12.7. The quantitative estimate of drug-likeness (QED) is 0.682. The number of carbonyl (C=O) groups excluding carboxylic acids is 1. The number of rotatable bonds is 4. The van der Waals surface area contributed by atoms with Gasteiger partial charge in [0.25, 0.3) is 0 Å². The van der Waals surface area contributed by atoms with E-state index in [0.29, 0.717) is 29.7 Å². The lowest BCUT2D eigenvalue weighted by Crippen LogP contribution is -2.47. The Kier molecular flexibility index (Phi) is 5.74. The van der Waals surface area contributed by atoms with E-state index < -0.39 is 0 Å². The highest BCUT2D eigenvalue weighted by Gasteiger charge is 2.21. The van der Waals surface area contributed by atoms with Crippen LogP contribution in [0.3, 0.4) is 0 Å². The molecule has 0 atom stereocenters. The van der Waals surface area contributed by atoms with Gasteiger partial charge in [0.15, 0.2) is 11.5 Å². The summed E-state index contributed by atoms with van der Waals surface area (Å²) in [5.74, 6) is 2.23. The fourth-order valence-electron chi connectivity index (χ4n) is 4.22.